The van der Waals surface area contributed by atoms with Crippen LogP contribution in [0.25, 0.3) is 0 Å². The van der Waals surface area contributed by atoms with Crippen LogP contribution in [0, 0.1) is 0 Å². The van der Waals surface area contributed by atoms with E-state index in [-0.39, 0.29) is 11.5 Å². The molecule has 0 saturated carbocycles. The minimum atomic E-state index is -0.145. The highest BCUT2D eigenvalue weighted by Gasteiger charge is 2.10. The zero-order valence-electron chi connectivity index (χ0n) is 11.3. The Hall–Kier alpha value is -1.55. The third kappa shape index (κ3) is 6.25. The van der Waals surface area contributed by atoms with Crippen molar-refractivity contribution in [3.8, 4) is 0 Å². The third-order valence-corrected chi connectivity index (χ3v) is 2.28. The van der Waals surface area contributed by atoms with Crippen LogP contribution >= 0.6 is 0 Å². The monoisotopic (exact) mass is 250 g/mol. The molecule has 1 aromatic rings. The van der Waals surface area contributed by atoms with Crippen LogP contribution in [0.1, 0.15) is 33.6 Å². The van der Waals surface area contributed by atoms with Gasteiger partial charge in [-0.25, -0.2) is 0 Å². The summed E-state index contributed by atoms with van der Waals surface area (Å²) in [5.74, 6) is -0.00252. The lowest BCUT2D eigenvalue weighted by Crippen LogP contribution is -2.20. The quantitative estimate of drug-likeness (QED) is 0.624. The molecule has 3 N–H and O–H groups in total. The van der Waals surface area contributed by atoms with Crippen LogP contribution in [0.4, 0.5) is 11.4 Å². The number of anilines is 2. The Morgan fingerprint density at radius 1 is 1.28 bits per heavy atom. The Kier molecular flexibility index (Phi) is 5.16. The van der Waals surface area contributed by atoms with Gasteiger partial charge in [-0.05, 0) is 51.5 Å². The number of carbonyl (C=O) groups is 1. The molecule has 0 aliphatic rings. The first-order valence-electron chi connectivity index (χ1n) is 6.16. The number of ether oxygens (including phenoxy) is 1. The zero-order chi connectivity index (χ0) is 13.6. The molecule has 100 valence electrons. The van der Waals surface area contributed by atoms with E-state index in [0.717, 1.165) is 12.1 Å². The molecule has 0 saturated heterocycles. The van der Waals surface area contributed by atoms with Gasteiger partial charge in [0.2, 0.25) is 5.91 Å². The minimum absolute atomic E-state index is 0.00252. The van der Waals surface area contributed by atoms with Gasteiger partial charge in [0.15, 0.2) is 0 Å². The summed E-state index contributed by atoms with van der Waals surface area (Å²) in [4.78, 5) is 11.6. The summed E-state index contributed by atoms with van der Waals surface area (Å²) < 4.78 is 5.55. The van der Waals surface area contributed by atoms with Gasteiger partial charge in [-0.15, -0.1) is 0 Å². The molecular formula is C14H22N2O2. The van der Waals surface area contributed by atoms with Crippen molar-refractivity contribution in [1.29, 1.82) is 0 Å². The fourth-order valence-electron chi connectivity index (χ4n) is 1.40. The molecule has 1 rings (SSSR count). The van der Waals surface area contributed by atoms with Crippen molar-refractivity contribution in [2.75, 3.05) is 17.7 Å². The van der Waals surface area contributed by atoms with E-state index in [1.54, 1.807) is 24.3 Å². The number of rotatable bonds is 5. The van der Waals surface area contributed by atoms with E-state index in [1.165, 1.54) is 0 Å². The maximum Gasteiger partial charge on any atom is 0.224 e. The highest BCUT2D eigenvalue weighted by Crippen LogP contribution is 2.11. The highest BCUT2D eigenvalue weighted by atomic mass is 16.5. The lowest BCUT2D eigenvalue weighted by Gasteiger charge is -2.19. The van der Waals surface area contributed by atoms with Gasteiger partial charge in [-0.2, -0.15) is 0 Å². The Morgan fingerprint density at radius 2 is 1.89 bits per heavy atom. The van der Waals surface area contributed by atoms with Gasteiger partial charge < -0.3 is 15.8 Å². The minimum Gasteiger partial charge on any atom is -0.399 e. The predicted octanol–water partition coefficient (Wildman–Crippen LogP) is 2.80. The predicted molar refractivity (Wildman–Crippen MR) is 74.4 cm³/mol. The number of hydrogen-bond acceptors (Lipinski definition) is 3. The smallest absolute Gasteiger partial charge is 0.224 e. The second kappa shape index (κ2) is 6.40. The van der Waals surface area contributed by atoms with Crippen LogP contribution in [-0.2, 0) is 9.53 Å². The van der Waals surface area contributed by atoms with Crippen LogP contribution in [0.15, 0.2) is 24.3 Å². The van der Waals surface area contributed by atoms with Gasteiger partial charge in [0.05, 0.1) is 5.60 Å². The number of hydrogen-bond donors (Lipinski definition) is 2. The topological polar surface area (TPSA) is 64.3 Å². The number of nitrogens with one attached hydrogen (secondary N) is 1. The number of benzene rings is 1. The van der Waals surface area contributed by atoms with Crippen LogP contribution in [0.3, 0.4) is 0 Å². The molecule has 4 nitrogen and oxygen atoms in total. The number of nitrogen functional groups attached to an aromatic ring is 1. The van der Waals surface area contributed by atoms with Gasteiger partial charge in [-0.1, -0.05) is 0 Å². The van der Waals surface area contributed by atoms with Crippen molar-refractivity contribution in [3.05, 3.63) is 24.3 Å². The average molecular weight is 250 g/mol. The van der Waals surface area contributed by atoms with E-state index in [0.29, 0.717) is 18.7 Å². The first-order valence-corrected chi connectivity index (χ1v) is 6.16. The van der Waals surface area contributed by atoms with Gasteiger partial charge in [0.25, 0.3) is 0 Å². The summed E-state index contributed by atoms with van der Waals surface area (Å²) in [5.41, 5.74) is 6.88. The maximum atomic E-state index is 11.6. The van der Waals surface area contributed by atoms with Crippen molar-refractivity contribution in [2.24, 2.45) is 0 Å². The second-order valence-corrected chi connectivity index (χ2v) is 5.23. The molecule has 1 aromatic carbocycles. The summed E-state index contributed by atoms with van der Waals surface area (Å²) in [7, 11) is 0. The molecule has 18 heavy (non-hydrogen) atoms. The molecule has 0 aromatic heterocycles. The van der Waals surface area contributed by atoms with Crippen LogP contribution in [-0.4, -0.2) is 18.1 Å². The van der Waals surface area contributed by atoms with E-state index in [4.69, 9.17) is 10.5 Å². The average Bonchev–Trinajstić information content (AvgIpc) is 2.26. The highest BCUT2D eigenvalue weighted by molar-refractivity contribution is 5.90. The molecular weight excluding hydrogens is 228 g/mol. The molecule has 0 aliphatic heterocycles. The van der Waals surface area contributed by atoms with Crippen LogP contribution in [0.2, 0.25) is 0 Å². The molecule has 0 radical (unpaired) electrons. The lowest BCUT2D eigenvalue weighted by molar-refractivity contribution is -0.116. The molecule has 0 bridgehead atoms. The largest absolute Gasteiger partial charge is 0.399 e. The standard InChI is InChI=1S/C14H22N2O2/c1-14(2,3)18-10-4-5-13(17)16-12-8-6-11(15)7-9-12/h6-9H,4-5,10,15H2,1-3H3,(H,16,17). The lowest BCUT2D eigenvalue weighted by atomic mass is 10.2. The Morgan fingerprint density at radius 3 is 2.44 bits per heavy atom. The number of amides is 1. The van der Waals surface area contributed by atoms with Crippen molar-refractivity contribution in [2.45, 2.75) is 39.2 Å². The normalized spacial score (nSPS) is 11.3. The summed E-state index contributed by atoms with van der Waals surface area (Å²) in [6.45, 7) is 6.60. The molecule has 1 amide bonds. The third-order valence-electron chi connectivity index (χ3n) is 2.28. The van der Waals surface area contributed by atoms with E-state index >= 15 is 0 Å². The summed E-state index contributed by atoms with van der Waals surface area (Å²) in [6, 6.07) is 7.11. The second-order valence-electron chi connectivity index (χ2n) is 5.23. The van der Waals surface area contributed by atoms with E-state index in [2.05, 4.69) is 5.32 Å². The van der Waals surface area contributed by atoms with Crippen molar-refractivity contribution < 1.29 is 9.53 Å². The molecule has 4 heteroatoms. The van der Waals surface area contributed by atoms with Gasteiger partial charge in [0, 0.05) is 24.4 Å². The van der Waals surface area contributed by atoms with E-state index in [9.17, 15) is 4.79 Å². The fraction of sp³-hybridized carbons (Fsp3) is 0.500. The van der Waals surface area contributed by atoms with Crippen LogP contribution in [0.5, 0.6) is 0 Å². The molecule has 0 heterocycles. The molecule has 0 unspecified atom stereocenters. The van der Waals surface area contributed by atoms with Crippen molar-refractivity contribution in [1.82, 2.24) is 0 Å². The Labute approximate surface area is 109 Å². The van der Waals surface area contributed by atoms with E-state index < -0.39 is 0 Å². The first-order chi connectivity index (χ1) is 8.37. The molecule has 0 fully saturated rings. The first kappa shape index (κ1) is 14.5. The van der Waals surface area contributed by atoms with Crippen LogP contribution < -0.4 is 11.1 Å². The zero-order valence-corrected chi connectivity index (χ0v) is 11.3. The maximum absolute atomic E-state index is 11.6. The molecule has 0 aliphatic carbocycles. The summed E-state index contributed by atoms with van der Waals surface area (Å²) in [6.07, 6.45) is 1.18. The van der Waals surface area contributed by atoms with Gasteiger partial charge in [-0.3, -0.25) is 4.79 Å². The van der Waals surface area contributed by atoms with Gasteiger partial charge in [0.1, 0.15) is 0 Å². The van der Waals surface area contributed by atoms with Crippen molar-refractivity contribution in [3.63, 3.8) is 0 Å². The fourth-order valence-corrected chi connectivity index (χ4v) is 1.40. The summed E-state index contributed by atoms with van der Waals surface area (Å²) in [5, 5.41) is 2.82. The van der Waals surface area contributed by atoms with E-state index in [1.807, 2.05) is 20.8 Å². The molecule has 0 atom stereocenters. The molecule has 0 spiro atoms. The SMILES string of the molecule is CC(C)(C)OCCCC(=O)Nc1ccc(N)cc1. The number of carbonyl (C=O) groups excluding carboxylic acids is 1. The summed E-state index contributed by atoms with van der Waals surface area (Å²) >= 11 is 0. The number of nitrogens with two attached hydrogens (primary N) is 1. The van der Waals surface area contributed by atoms with Crippen molar-refractivity contribution >= 4 is 17.3 Å². The Bertz CT molecular complexity index is 380. The van der Waals surface area contributed by atoms with Gasteiger partial charge >= 0.3 is 0 Å². The Balaban J connectivity index is 2.24.